The molecule has 8 heteroatoms. The zero-order chi connectivity index (χ0) is 26.0. The van der Waals surface area contributed by atoms with Gasteiger partial charge in [0.05, 0.1) is 11.0 Å². The summed E-state index contributed by atoms with van der Waals surface area (Å²) in [5, 5.41) is 2.89. The summed E-state index contributed by atoms with van der Waals surface area (Å²) in [6, 6.07) is 7.10. The van der Waals surface area contributed by atoms with Crippen LogP contribution < -0.4 is 5.32 Å². The summed E-state index contributed by atoms with van der Waals surface area (Å²) < 4.78 is 53.1. The minimum absolute atomic E-state index is 0.0799. The highest BCUT2D eigenvalue weighted by Gasteiger charge is 2.51. The largest absolute Gasteiger partial charge is 0.416 e. The van der Waals surface area contributed by atoms with Gasteiger partial charge in [-0.2, -0.15) is 13.2 Å². The number of carbonyl (C=O) groups excluding carboxylic acids is 1. The van der Waals surface area contributed by atoms with E-state index in [4.69, 9.17) is 0 Å². The lowest BCUT2D eigenvalue weighted by atomic mass is 9.74. The third-order valence-electron chi connectivity index (χ3n) is 8.83. The highest BCUT2D eigenvalue weighted by Crippen LogP contribution is 2.53. The van der Waals surface area contributed by atoms with Crippen LogP contribution in [0, 0.1) is 17.2 Å². The van der Waals surface area contributed by atoms with Gasteiger partial charge in [0, 0.05) is 25.0 Å². The van der Waals surface area contributed by atoms with Crippen molar-refractivity contribution in [2.75, 3.05) is 13.1 Å². The van der Waals surface area contributed by atoms with E-state index < -0.39 is 23.0 Å². The van der Waals surface area contributed by atoms with Crippen molar-refractivity contribution in [3.05, 3.63) is 65.2 Å². The van der Waals surface area contributed by atoms with Crippen molar-refractivity contribution in [1.29, 1.82) is 0 Å². The summed E-state index contributed by atoms with van der Waals surface area (Å²) in [7, 11) is 0. The van der Waals surface area contributed by atoms with E-state index in [2.05, 4.69) is 21.3 Å². The average Bonchev–Trinajstić information content (AvgIpc) is 3.75. The van der Waals surface area contributed by atoms with Crippen molar-refractivity contribution in [3.8, 4) is 0 Å². The quantitative estimate of drug-likeness (QED) is 0.353. The number of pyridine rings is 1. The van der Waals surface area contributed by atoms with E-state index in [1.165, 1.54) is 5.56 Å². The van der Waals surface area contributed by atoms with E-state index in [0.29, 0.717) is 23.9 Å². The average molecular weight is 518 g/mol. The molecule has 1 aromatic heterocycles. The number of benzene rings is 1. The van der Waals surface area contributed by atoms with Crippen molar-refractivity contribution in [1.82, 2.24) is 15.2 Å². The van der Waals surface area contributed by atoms with Crippen LogP contribution in [0.15, 0.2) is 42.7 Å². The maximum Gasteiger partial charge on any atom is 0.416 e. The molecule has 2 saturated carbocycles. The molecule has 1 aromatic carbocycles. The molecule has 2 heterocycles. The number of hydrogen-bond donors (Lipinski definition) is 1. The standard InChI is InChI=1S/C29H35F4N3O/c30-25-16-20(15-24(17-25)29(31,32)33)18-35-27(37)28(23-5-6-23)10-1-4-26(7-11-28)36-13-8-21(9-14-36)22-3-2-12-34-19-22/h2-3,12,15-17,19,21,23,26H,1,4-11,13-14,18H2,(H,35,37)/t26?,28-/m1/s1. The Kier molecular flexibility index (Phi) is 7.57. The Morgan fingerprint density at radius 2 is 1.84 bits per heavy atom. The van der Waals surface area contributed by atoms with Crippen LogP contribution in [0.3, 0.4) is 0 Å². The lowest BCUT2D eigenvalue weighted by Gasteiger charge is -2.38. The monoisotopic (exact) mass is 517 g/mol. The summed E-state index contributed by atoms with van der Waals surface area (Å²) in [5.41, 5.74) is -0.0517. The zero-order valence-electron chi connectivity index (χ0n) is 21.1. The summed E-state index contributed by atoms with van der Waals surface area (Å²) in [6.45, 7) is 2.00. The molecule has 1 amide bonds. The minimum Gasteiger partial charge on any atom is -0.352 e. The van der Waals surface area contributed by atoms with Crippen LogP contribution in [-0.2, 0) is 17.5 Å². The maximum atomic E-state index is 13.8. The first-order chi connectivity index (χ1) is 17.7. The van der Waals surface area contributed by atoms with Crippen LogP contribution in [0.25, 0.3) is 0 Å². The highest BCUT2D eigenvalue weighted by molar-refractivity contribution is 5.83. The normalized spacial score (nSPS) is 26.0. The van der Waals surface area contributed by atoms with Crippen molar-refractivity contribution >= 4 is 5.91 Å². The van der Waals surface area contributed by atoms with E-state index >= 15 is 0 Å². The van der Waals surface area contributed by atoms with Gasteiger partial charge in [-0.25, -0.2) is 4.39 Å². The topological polar surface area (TPSA) is 45.2 Å². The number of alkyl halides is 3. The molecule has 2 atom stereocenters. The Labute approximate surface area is 215 Å². The Balaban J connectivity index is 1.20. The number of aromatic nitrogens is 1. The van der Waals surface area contributed by atoms with Gasteiger partial charge in [0.2, 0.25) is 5.91 Å². The molecule has 0 radical (unpaired) electrons. The molecule has 1 N–H and O–H groups in total. The Hall–Kier alpha value is -2.48. The van der Waals surface area contributed by atoms with Crippen LogP contribution >= 0.6 is 0 Å². The summed E-state index contributed by atoms with van der Waals surface area (Å²) in [4.78, 5) is 20.4. The van der Waals surface area contributed by atoms with E-state index in [1.807, 2.05) is 18.5 Å². The first-order valence-electron chi connectivity index (χ1n) is 13.5. The number of amides is 1. The van der Waals surface area contributed by atoms with E-state index in [1.54, 1.807) is 0 Å². The maximum absolute atomic E-state index is 13.8. The number of piperidine rings is 1. The molecule has 3 aliphatic rings. The predicted molar refractivity (Wildman–Crippen MR) is 133 cm³/mol. The molecular formula is C29H35F4N3O. The van der Waals surface area contributed by atoms with Gasteiger partial charge in [-0.1, -0.05) is 12.5 Å². The molecule has 2 aliphatic carbocycles. The molecule has 5 rings (SSSR count). The van der Waals surface area contributed by atoms with Gasteiger partial charge in [0.15, 0.2) is 0 Å². The molecule has 0 spiro atoms. The second kappa shape index (κ2) is 10.7. The van der Waals surface area contributed by atoms with Gasteiger partial charge in [-0.05, 0) is 112 Å². The number of rotatable bonds is 6. The van der Waals surface area contributed by atoms with Crippen LogP contribution in [0.1, 0.15) is 80.4 Å². The molecule has 2 aromatic rings. The first kappa shape index (κ1) is 26.1. The summed E-state index contributed by atoms with van der Waals surface area (Å²) in [6.07, 6.45) is 8.03. The number of nitrogens with one attached hydrogen (secondary N) is 1. The van der Waals surface area contributed by atoms with Gasteiger partial charge in [-0.15, -0.1) is 0 Å². The fraction of sp³-hybridized carbons (Fsp3) is 0.586. The molecule has 1 aliphatic heterocycles. The van der Waals surface area contributed by atoms with Crippen LogP contribution in [-0.4, -0.2) is 34.9 Å². The molecule has 4 nitrogen and oxygen atoms in total. The third kappa shape index (κ3) is 6.00. The number of nitrogens with zero attached hydrogens (tertiary/aromatic N) is 2. The molecule has 0 bridgehead atoms. The molecule has 200 valence electrons. The fourth-order valence-electron chi connectivity index (χ4n) is 6.66. The summed E-state index contributed by atoms with van der Waals surface area (Å²) >= 11 is 0. The van der Waals surface area contributed by atoms with Gasteiger partial charge >= 0.3 is 6.18 Å². The molecule has 1 saturated heterocycles. The Morgan fingerprint density at radius 1 is 1.05 bits per heavy atom. The predicted octanol–water partition coefficient (Wildman–Crippen LogP) is 6.46. The van der Waals surface area contributed by atoms with Crippen molar-refractivity contribution in [3.63, 3.8) is 0 Å². The Bertz CT molecular complexity index is 1080. The van der Waals surface area contributed by atoms with Gasteiger partial charge < -0.3 is 10.2 Å². The van der Waals surface area contributed by atoms with Crippen molar-refractivity contribution < 1.29 is 22.4 Å². The number of hydrogen-bond acceptors (Lipinski definition) is 3. The van der Waals surface area contributed by atoms with Gasteiger partial charge in [0.25, 0.3) is 0 Å². The van der Waals surface area contributed by atoms with Crippen LogP contribution in [0.5, 0.6) is 0 Å². The van der Waals surface area contributed by atoms with E-state index in [0.717, 1.165) is 83.0 Å². The SMILES string of the molecule is O=C(NCc1cc(F)cc(C(F)(F)F)c1)[C@]1(C2CC2)CCCC(N2CCC(c3cccnc3)CC2)CC1. The van der Waals surface area contributed by atoms with Gasteiger partial charge in [0.1, 0.15) is 5.82 Å². The molecule has 1 unspecified atom stereocenters. The summed E-state index contributed by atoms with van der Waals surface area (Å²) in [5.74, 6) is -0.141. The second-order valence-corrected chi connectivity index (χ2v) is 11.1. The number of likely N-dealkylation sites (tertiary alicyclic amines) is 1. The minimum atomic E-state index is -4.63. The Morgan fingerprint density at radius 3 is 2.51 bits per heavy atom. The molecule has 3 fully saturated rings. The fourth-order valence-corrected chi connectivity index (χ4v) is 6.66. The van der Waals surface area contributed by atoms with E-state index in [9.17, 15) is 22.4 Å². The smallest absolute Gasteiger partial charge is 0.352 e. The second-order valence-electron chi connectivity index (χ2n) is 11.1. The van der Waals surface area contributed by atoms with E-state index in [-0.39, 0.29) is 18.0 Å². The number of halogens is 4. The third-order valence-corrected chi connectivity index (χ3v) is 8.83. The first-order valence-corrected chi connectivity index (χ1v) is 13.5. The van der Waals surface area contributed by atoms with Gasteiger partial charge in [-0.3, -0.25) is 9.78 Å². The van der Waals surface area contributed by atoms with Crippen molar-refractivity contribution in [2.45, 2.75) is 82.5 Å². The molecular weight excluding hydrogens is 482 g/mol. The van der Waals surface area contributed by atoms with Crippen molar-refractivity contribution in [2.24, 2.45) is 11.3 Å². The zero-order valence-corrected chi connectivity index (χ0v) is 21.1. The molecule has 37 heavy (non-hydrogen) atoms. The lowest BCUT2D eigenvalue weighted by molar-refractivity contribution is -0.137. The lowest BCUT2D eigenvalue weighted by Crippen LogP contribution is -2.43. The highest BCUT2D eigenvalue weighted by atomic mass is 19.4. The van der Waals surface area contributed by atoms with Crippen LogP contribution in [0.4, 0.5) is 17.6 Å². The number of carbonyl (C=O) groups is 1. The van der Waals surface area contributed by atoms with Crippen LogP contribution in [0.2, 0.25) is 0 Å².